The van der Waals surface area contributed by atoms with Crippen LogP contribution < -0.4 is 4.74 Å². The summed E-state index contributed by atoms with van der Waals surface area (Å²) in [5, 5.41) is 11.8. The standard InChI is InChI=1S/C23H19N5OS2/c1-15-18(25-17-9-4-3-8-16(17)24-15)14-31-23-27-26-22(21-12-7-13-30-21)28(23)19-10-5-6-11-20(19)29-2/h3-13H,14H2,1-2H3. The molecule has 154 valence electrons. The second-order valence-electron chi connectivity index (χ2n) is 6.82. The average Bonchev–Trinajstić information content (AvgIpc) is 3.47. The second kappa shape index (κ2) is 8.49. The third-order valence-electron chi connectivity index (χ3n) is 4.88. The molecule has 0 aliphatic heterocycles. The zero-order chi connectivity index (χ0) is 21.2. The van der Waals surface area contributed by atoms with E-state index in [-0.39, 0.29) is 0 Å². The van der Waals surface area contributed by atoms with Crippen LogP contribution in [0.4, 0.5) is 0 Å². The van der Waals surface area contributed by atoms with Crippen molar-refractivity contribution in [3.05, 3.63) is 77.4 Å². The molecule has 0 unspecified atom stereocenters. The van der Waals surface area contributed by atoms with E-state index < -0.39 is 0 Å². The van der Waals surface area contributed by atoms with Crippen LogP contribution in [0, 0.1) is 6.92 Å². The van der Waals surface area contributed by atoms with Crippen molar-refractivity contribution in [3.63, 3.8) is 0 Å². The maximum Gasteiger partial charge on any atom is 0.196 e. The van der Waals surface area contributed by atoms with E-state index in [1.54, 1.807) is 30.2 Å². The molecule has 0 saturated carbocycles. The zero-order valence-electron chi connectivity index (χ0n) is 17.0. The molecule has 5 aromatic rings. The van der Waals surface area contributed by atoms with Crippen LogP contribution in [-0.2, 0) is 5.75 Å². The van der Waals surface area contributed by atoms with Gasteiger partial charge in [-0.25, -0.2) is 9.97 Å². The van der Waals surface area contributed by atoms with E-state index in [9.17, 15) is 0 Å². The van der Waals surface area contributed by atoms with E-state index in [4.69, 9.17) is 14.7 Å². The van der Waals surface area contributed by atoms with Gasteiger partial charge in [-0.15, -0.1) is 21.5 Å². The van der Waals surface area contributed by atoms with E-state index in [0.29, 0.717) is 5.75 Å². The van der Waals surface area contributed by atoms with Gasteiger partial charge in [0.25, 0.3) is 0 Å². The molecule has 0 bridgehead atoms. The largest absolute Gasteiger partial charge is 0.495 e. The Morgan fingerprint density at radius 1 is 0.935 bits per heavy atom. The summed E-state index contributed by atoms with van der Waals surface area (Å²) >= 11 is 3.23. The van der Waals surface area contributed by atoms with E-state index in [1.165, 1.54) is 0 Å². The summed E-state index contributed by atoms with van der Waals surface area (Å²) in [6, 6.07) is 19.9. The van der Waals surface area contributed by atoms with Gasteiger partial charge in [0.1, 0.15) is 5.75 Å². The molecule has 0 radical (unpaired) electrons. The Morgan fingerprint density at radius 2 is 1.71 bits per heavy atom. The maximum absolute atomic E-state index is 5.62. The number of benzene rings is 2. The van der Waals surface area contributed by atoms with Crippen molar-refractivity contribution in [1.82, 2.24) is 24.7 Å². The third kappa shape index (κ3) is 3.80. The highest BCUT2D eigenvalue weighted by Gasteiger charge is 2.20. The minimum Gasteiger partial charge on any atom is -0.495 e. The fourth-order valence-corrected chi connectivity index (χ4v) is 5.01. The Kier molecular flexibility index (Phi) is 5.40. The van der Waals surface area contributed by atoms with E-state index >= 15 is 0 Å². The van der Waals surface area contributed by atoms with Crippen LogP contribution in [0.1, 0.15) is 11.4 Å². The summed E-state index contributed by atoms with van der Waals surface area (Å²) in [7, 11) is 1.68. The number of aryl methyl sites for hydroxylation is 1. The number of nitrogens with zero attached hydrogens (tertiary/aromatic N) is 5. The number of thiophene rings is 1. The molecule has 0 aliphatic rings. The van der Waals surface area contributed by atoms with Crippen LogP contribution >= 0.6 is 23.1 Å². The van der Waals surface area contributed by atoms with Crippen molar-refractivity contribution in [2.75, 3.05) is 7.11 Å². The lowest BCUT2D eigenvalue weighted by molar-refractivity contribution is 0.412. The van der Waals surface area contributed by atoms with Gasteiger partial charge >= 0.3 is 0 Å². The molecule has 6 nitrogen and oxygen atoms in total. The van der Waals surface area contributed by atoms with Gasteiger partial charge in [-0.1, -0.05) is 42.1 Å². The van der Waals surface area contributed by atoms with Gasteiger partial charge in [-0.3, -0.25) is 4.57 Å². The lowest BCUT2D eigenvalue weighted by Gasteiger charge is -2.13. The molecule has 0 atom stereocenters. The van der Waals surface area contributed by atoms with Gasteiger partial charge in [0, 0.05) is 5.75 Å². The van der Waals surface area contributed by atoms with Crippen LogP contribution in [0.25, 0.3) is 27.4 Å². The van der Waals surface area contributed by atoms with Gasteiger partial charge in [0.05, 0.1) is 40.1 Å². The number of thioether (sulfide) groups is 1. The third-order valence-corrected chi connectivity index (χ3v) is 6.69. The van der Waals surface area contributed by atoms with Crippen LogP contribution in [-0.4, -0.2) is 31.8 Å². The molecular formula is C23H19N5OS2. The summed E-state index contributed by atoms with van der Waals surface area (Å²) in [5.41, 5.74) is 4.58. The molecule has 0 fully saturated rings. The molecule has 0 N–H and O–H groups in total. The quantitative estimate of drug-likeness (QED) is 0.319. The van der Waals surface area contributed by atoms with Crippen molar-refractivity contribution >= 4 is 34.1 Å². The summed E-state index contributed by atoms with van der Waals surface area (Å²) in [4.78, 5) is 10.6. The van der Waals surface area contributed by atoms with Crippen molar-refractivity contribution in [3.8, 4) is 22.1 Å². The predicted octanol–water partition coefficient (Wildman–Crippen LogP) is 5.55. The molecule has 3 heterocycles. The highest BCUT2D eigenvalue weighted by atomic mass is 32.2. The molecule has 3 aromatic heterocycles. The summed E-state index contributed by atoms with van der Waals surface area (Å²) in [6.07, 6.45) is 0. The zero-order valence-corrected chi connectivity index (χ0v) is 18.7. The second-order valence-corrected chi connectivity index (χ2v) is 8.71. The number of ether oxygens (including phenoxy) is 1. The molecule has 0 saturated heterocycles. The molecule has 0 spiro atoms. The molecule has 0 amide bonds. The number of fused-ring (bicyclic) bond motifs is 1. The predicted molar refractivity (Wildman–Crippen MR) is 125 cm³/mol. The summed E-state index contributed by atoms with van der Waals surface area (Å²) in [5.74, 6) is 2.20. The van der Waals surface area contributed by atoms with Crippen LogP contribution in [0.2, 0.25) is 0 Å². The number of rotatable bonds is 6. The van der Waals surface area contributed by atoms with Crippen molar-refractivity contribution in [2.24, 2.45) is 0 Å². The van der Waals surface area contributed by atoms with E-state index in [2.05, 4.69) is 14.8 Å². The van der Waals surface area contributed by atoms with E-state index in [0.717, 1.165) is 49.7 Å². The minimum absolute atomic E-state index is 0.640. The minimum atomic E-state index is 0.640. The van der Waals surface area contributed by atoms with Crippen LogP contribution in [0.15, 0.2) is 71.2 Å². The molecule has 5 rings (SSSR count). The van der Waals surface area contributed by atoms with Gasteiger partial charge in [0.15, 0.2) is 11.0 Å². The maximum atomic E-state index is 5.62. The molecule has 8 heteroatoms. The van der Waals surface area contributed by atoms with Gasteiger partial charge in [-0.05, 0) is 42.6 Å². The Balaban J connectivity index is 1.55. The molecule has 0 aliphatic carbocycles. The first-order chi connectivity index (χ1) is 15.2. The molecular weight excluding hydrogens is 426 g/mol. The Hall–Kier alpha value is -3.23. The van der Waals surface area contributed by atoms with Gasteiger partial charge < -0.3 is 4.74 Å². The molecule has 31 heavy (non-hydrogen) atoms. The first kappa shape index (κ1) is 19.7. The van der Waals surface area contributed by atoms with Gasteiger partial charge in [-0.2, -0.15) is 0 Å². The highest BCUT2D eigenvalue weighted by molar-refractivity contribution is 7.98. The fourth-order valence-electron chi connectivity index (χ4n) is 3.35. The topological polar surface area (TPSA) is 65.7 Å². The van der Waals surface area contributed by atoms with Crippen molar-refractivity contribution in [1.29, 1.82) is 0 Å². The number of para-hydroxylation sites is 4. The fraction of sp³-hybridized carbons (Fsp3) is 0.130. The van der Waals surface area contributed by atoms with Crippen molar-refractivity contribution in [2.45, 2.75) is 17.8 Å². The van der Waals surface area contributed by atoms with E-state index in [1.807, 2.05) is 73.0 Å². The SMILES string of the molecule is COc1ccccc1-n1c(SCc2nc3ccccc3nc2C)nnc1-c1cccs1. The Bertz CT molecular complexity index is 1350. The summed E-state index contributed by atoms with van der Waals surface area (Å²) < 4.78 is 7.68. The number of hydrogen-bond acceptors (Lipinski definition) is 7. The lowest BCUT2D eigenvalue weighted by atomic mass is 10.2. The normalized spacial score (nSPS) is 11.2. The number of hydrogen-bond donors (Lipinski definition) is 0. The highest BCUT2D eigenvalue weighted by Crippen LogP contribution is 2.35. The first-order valence-corrected chi connectivity index (χ1v) is 11.6. The lowest BCUT2D eigenvalue weighted by Crippen LogP contribution is -2.02. The first-order valence-electron chi connectivity index (χ1n) is 9.72. The monoisotopic (exact) mass is 445 g/mol. The smallest absolute Gasteiger partial charge is 0.196 e. The Morgan fingerprint density at radius 3 is 2.48 bits per heavy atom. The summed E-state index contributed by atoms with van der Waals surface area (Å²) in [6.45, 7) is 2.00. The van der Waals surface area contributed by atoms with Crippen molar-refractivity contribution < 1.29 is 4.74 Å². The molecule has 2 aromatic carbocycles. The van der Waals surface area contributed by atoms with Gasteiger partial charge in [0.2, 0.25) is 0 Å². The van der Waals surface area contributed by atoms with Crippen LogP contribution in [0.5, 0.6) is 5.75 Å². The average molecular weight is 446 g/mol. The van der Waals surface area contributed by atoms with Crippen LogP contribution in [0.3, 0.4) is 0 Å². The number of methoxy groups -OCH3 is 1. The number of aromatic nitrogens is 5. The Labute approximate surface area is 188 Å².